The van der Waals surface area contributed by atoms with E-state index in [1.165, 1.54) is 24.2 Å². The van der Waals surface area contributed by atoms with Crippen LogP contribution in [0.15, 0.2) is 79.3 Å². The zero-order chi connectivity index (χ0) is 29.3. The Balaban J connectivity index is 1.48. The Hall–Kier alpha value is -3.60. The van der Waals surface area contributed by atoms with E-state index in [4.69, 9.17) is 14.0 Å². The maximum atomic E-state index is 13.7. The number of hydrogen-bond donors (Lipinski definition) is 2. The molecule has 2 aromatic carbocycles. The zero-order valence-corrected chi connectivity index (χ0v) is 24.2. The van der Waals surface area contributed by atoms with Crippen LogP contribution in [0.5, 0.6) is 0 Å². The summed E-state index contributed by atoms with van der Waals surface area (Å²) in [5, 5.41) is 5.88. The number of carbonyl (C=O) groups is 2. The summed E-state index contributed by atoms with van der Waals surface area (Å²) in [6.07, 6.45) is 6.53. The summed E-state index contributed by atoms with van der Waals surface area (Å²) in [6, 6.07) is 18.9. The van der Waals surface area contributed by atoms with Crippen LogP contribution in [-0.2, 0) is 31.9 Å². The normalized spacial score (nSPS) is 17.0. The fraction of sp³-hybridized carbons (Fsp3) is 0.419. The van der Waals surface area contributed by atoms with E-state index >= 15 is 0 Å². The minimum atomic E-state index is -0.979. The molecule has 3 aromatic rings. The minimum Gasteiger partial charge on any atom is -0.402 e. The summed E-state index contributed by atoms with van der Waals surface area (Å²) in [5.74, 6) is -1.36. The Kier molecular flexibility index (Phi) is 10.3. The van der Waals surface area contributed by atoms with Gasteiger partial charge in [0.15, 0.2) is 0 Å². The second kappa shape index (κ2) is 13.8. The van der Waals surface area contributed by atoms with Gasteiger partial charge in [-0.15, -0.1) is 0 Å². The monoisotopic (exact) mass is 558 g/mol. The van der Waals surface area contributed by atoms with E-state index in [-0.39, 0.29) is 12.3 Å². The van der Waals surface area contributed by atoms with E-state index in [2.05, 4.69) is 32.7 Å². The van der Waals surface area contributed by atoms with Gasteiger partial charge < -0.3 is 24.7 Å². The average Bonchev–Trinajstić information content (AvgIpc) is 3.19. The van der Waals surface area contributed by atoms with Crippen molar-refractivity contribution in [3.05, 3.63) is 96.1 Å². The molecule has 0 saturated carbocycles. The second-order valence-electron chi connectivity index (χ2n) is 11.2. The smallest absolute Gasteiger partial charge is 0.402 e. The van der Waals surface area contributed by atoms with Gasteiger partial charge in [-0.3, -0.25) is 14.6 Å². The number of nitrogens with one attached hydrogen (secondary N) is 2. The molecule has 1 fully saturated rings. The average molecular weight is 558 g/mol. The van der Waals surface area contributed by atoms with Crippen molar-refractivity contribution in [3.63, 3.8) is 0 Å². The Morgan fingerprint density at radius 1 is 0.902 bits per heavy atom. The maximum absolute atomic E-state index is 13.7. The number of nitrogens with zero attached hydrogens (tertiary/aromatic N) is 2. The van der Waals surface area contributed by atoms with Crippen molar-refractivity contribution < 1.29 is 23.6 Å². The highest BCUT2D eigenvalue weighted by Crippen LogP contribution is 2.38. The predicted octanol–water partition coefficient (Wildman–Crippen LogP) is 3.93. The molecule has 41 heavy (non-hydrogen) atoms. The van der Waals surface area contributed by atoms with Crippen LogP contribution >= 0.6 is 0 Å². The quantitative estimate of drug-likeness (QED) is 0.306. The van der Waals surface area contributed by atoms with Crippen molar-refractivity contribution in [2.24, 2.45) is 0 Å². The third kappa shape index (κ3) is 8.45. The first-order valence-corrected chi connectivity index (χ1v) is 14.0. The Bertz CT molecular complexity index is 1250. The lowest BCUT2D eigenvalue weighted by Gasteiger charge is -2.32. The standard InChI is InChI=1S/C31H39BN4O5/c1-30(2)31(3,4)41-32(40-30)27(17-11-16-23-12-7-5-8-13-23)36-29(38)26(22-39-21-24-14-9-6-10-15-24)35-28(37)25-20-33-18-19-34-25/h5-10,12-15,18-20,26-27H,11,16-17,21-22H2,1-4H3,(H,35,37)(H,36,38). The lowest BCUT2D eigenvalue weighted by Crippen LogP contribution is -2.56. The van der Waals surface area contributed by atoms with Gasteiger partial charge in [-0.05, 0) is 58.1 Å². The first kappa shape index (κ1) is 30.4. The molecule has 0 radical (unpaired) electrons. The fourth-order valence-electron chi connectivity index (χ4n) is 4.48. The van der Waals surface area contributed by atoms with Crippen molar-refractivity contribution in [1.29, 1.82) is 0 Å². The summed E-state index contributed by atoms with van der Waals surface area (Å²) < 4.78 is 18.5. The number of aryl methyl sites for hydroxylation is 1. The van der Waals surface area contributed by atoms with Crippen LogP contribution in [0.1, 0.15) is 62.2 Å². The third-order valence-corrected chi connectivity index (χ3v) is 7.56. The van der Waals surface area contributed by atoms with Gasteiger partial charge in [-0.25, -0.2) is 4.98 Å². The van der Waals surface area contributed by atoms with E-state index in [9.17, 15) is 9.59 Å². The molecule has 2 unspecified atom stereocenters. The molecule has 10 heteroatoms. The van der Waals surface area contributed by atoms with Crippen LogP contribution in [0, 0.1) is 0 Å². The van der Waals surface area contributed by atoms with Gasteiger partial charge in [-0.1, -0.05) is 60.7 Å². The van der Waals surface area contributed by atoms with Crippen molar-refractivity contribution in [2.75, 3.05) is 6.61 Å². The lowest BCUT2D eigenvalue weighted by molar-refractivity contribution is -0.125. The summed E-state index contributed by atoms with van der Waals surface area (Å²) in [4.78, 5) is 34.7. The fourth-order valence-corrected chi connectivity index (χ4v) is 4.48. The van der Waals surface area contributed by atoms with Gasteiger partial charge in [0.2, 0.25) is 5.91 Å². The molecule has 1 aliphatic heterocycles. The van der Waals surface area contributed by atoms with Crippen LogP contribution in [0.3, 0.4) is 0 Å². The SMILES string of the molecule is CC1(C)OB(C(CCCc2ccccc2)NC(=O)C(COCc2ccccc2)NC(=O)c2cnccn2)OC1(C)C. The number of hydrogen-bond acceptors (Lipinski definition) is 7. The van der Waals surface area contributed by atoms with Crippen LogP contribution < -0.4 is 10.6 Å². The Morgan fingerprint density at radius 3 is 2.15 bits per heavy atom. The van der Waals surface area contributed by atoms with Gasteiger partial charge >= 0.3 is 7.12 Å². The van der Waals surface area contributed by atoms with Crippen LogP contribution in [-0.4, -0.2) is 58.7 Å². The molecule has 4 rings (SSSR count). The molecule has 1 aromatic heterocycles. The number of rotatable bonds is 13. The zero-order valence-electron chi connectivity index (χ0n) is 24.2. The molecular weight excluding hydrogens is 519 g/mol. The lowest BCUT2D eigenvalue weighted by atomic mass is 9.75. The molecule has 1 aliphatic rings. The van der Waals surface area contributed by atoms with Crippen molar-refractivity contribution in [2.45, 2.75) is 76.7 Å². The molecule has 0 spiro atoms. The van der Waals surface area contributed by atoms with Gasteiger partial charge in [-0.2, -0.15) is 0 Å². The van der Waals surface area contributed by atoms with E-state index < -0.39 is 42.1 Å². The first-order chi connectivity index (χ1) is 19.6. The molecule has 2 heterocycles. The van der Waals surface area contributed by atoms with Gasteiger partial charge in [0.1, 0.15) is 11.7 Å². The molecule has 9 nitrogen and oxygen atoms in total. The number of benzene rings is 2. The Morgan fingerprint density at radius 2 is 1.54 bits per heavy atom. The highest BCUT2D eigenvalue weighted by Gasteiger charge is 2.54. The number of amides is 2. The molecule has 0 aliphatic carbocycles. The summed E-state index contributed by atoms with van der Waals surface area (Å²) in [7, 11) is -0.652. The topological polar surface area (TPSA) is 112 Å². The van der Waals surface area contributed by atoms with E-state index in [0.29, 0.717) is 13.0 Å². The van der Waals surface area contributed by atoms with Gasteiger partial charge in [0.25, 0.3) is 5.91 Å². The number of carbonyl (C=O) groups excluding carboxylic acids is 2. The molecule has 216 valence electrons. The molecule has 2 atom stereocenters. The van der Waals surface area contributed by atoms with E-state index in [0.717, 1.165) is 18.4 Å². The predicted molar refractivity (Wildman–Crippen MR) is 157 cm³/mol. The molecule has 1 saturated heterocycles. The van der Waals surface area contributed by atoms with Crippen molar-refractivity contribution >= 4 is 18.9 Å². The summed E-state index contributed by atoms with van der Waals surface area (Å²) in [6.45, 7) is 8.19. The highest BCUT2D eigenvalue weighted by molar-refractivity contribution is 6.48. The number of ether oxygens (including phenoxy) is 1. The molecule has 2 amide bonds. The Labute approximate surface area is 242 Å². The van der Waals surface area contributed by atoms with Crippen molar-refractivity contribution in [3.8, 4) is 0 Å². The van der Waals surface area contributed by atoms with Gasteiger partial charge in [0, 0.05) is 12.4 Å². The van der Waals surface area contributed by atoms with Gasteiger partial charge in [0.05, 0.1) is 36.6 Å². The van der Waals surface area contributed by atoms with Crippen LogP contribution in [0.4, 0.5) is 0 Å². The molecule has 2 N–H and O–H groups in total. The third-order valence-electron chi connectivity index (χ3n) is 7.56. The largest absolute Gasteiger partial charge is 0.481 e. The van der Waals surface area contributed by atoms with Crippen LogP contribution in [0.25, 0.3) is 0 Å². The van der Waals surface area contributed by atoms with Crippen molar-refractivity contribution in [1.82, 2.24) is 20.6 Å². The van der Waals surface area contributed by atoms with Crippen LogP contribution in [0.2, 0.25) is 0 Å². The van der Waals surface area contributed by atoms with E-state index in [1.807, 2.05) is 76.2 Å². The minimum absolute atomic E-state index is 0.0349. The highest BCUT2D eigenvalue weighted by atomic mass is 16.7. The first-order valence-electron chi connectivity index (χ1n) is 14.0. The molecular formula is C31H39BN4O5. The summed E-state index contributed by atoms with van der Waals surface area (Å²) >= 11 is 0. The maximum Gasteiger partial charge on any atom is 0.481 e. The van der Waals surface area contributed by atoms with E-state index in [1.54, 1.807) is 0 Å². The second-order valence-corrected chi connectivity index (χ2v) is 11.2. The summed E-state index contributed by atoms with van der Waals surface area (Å²) in [5.41, 5.74) is 1.17. The molecule has 0 bridgehead atoms. The number of aromatic nitrogens is 2.